The van der Waals surface area contributed by atoms with E-state index in [-0.39, 0.29) is 0 Å². The number of benzene rings is 1. The highest BCUT2D eigenvalue weighted by Gasteiger charge is 2.14. The van der Waals surface area contributed by atoms with Gasteiger partial charge in [0.1, 0.15) is 5.51 Å². The largest absolute Gasteiger partial charge is 0.399 e. The van der Waals surface area contributed by atoms with Gasteiger partial charge in [-0.2, -0.15) is 0 Å². The van der Waals surface area contributed by atoms with Crippen LogP contribution in [0.2, 0.25) is 0 Å². The molecule has 0 atom stereocenters. The van der Waals surface area contributed by atoms with E-state index in [9.17, 15) is 0 Å². The number of nitrogens with two attached hydrogens (primary N) is 1. The molecule has 0 amide bonds. The predicted octanol–water partition coefficient (Wildman–Crippen LogP) is 2.54. The highest BCUT2D eigenvalue weighted by molar-refractivity contribution is 7.13. The van der Waals surface area contributed by atoms with Gasteiger partial charge in [0.25, 0.3) is 0 Å². The number of nitrogens with zero attached hydrogens (tertiary/aromatic N) is 3. The lowest BCUT2D eigenvalue weighted by molar-refractivity contribution is 0.676. The lowest BCUT2D eigenvalue weighted by Gasteiger charge is -2.25. The molecule has 0 aliphatic rings. The minimum atomic E-state index is 0.379. The van der Waals surface area contributed by atoms with Crippen molar-refractivity contribution in [3.63, 3.8) is 0 Å². The Kier molecular flexibility index (Phi) is 3.58. The molecule has 5 heteroatoms. The molecule has 0 spiro atoms. The third-order valence-electron chi connectivity index (χ3n) is 2.52. The average molecular weight is 248 g/mol. The van der Waals surface area contributed by atoms with Crippen molar-refractivity contribution in [2.75, 3.05) is 10.6 Å². The number of aromatic nitrogens is 2. The Morgan fingerprint density at radius 3 is 2.82 bits per heavy atom. The summed E-state index contributed by atoms with van der Waals surface area (Å²) in [6.45, 7) is 5.10. The molecular formula is C12H16N4S. The molecule has 2 N–H and O–H groups in total. The molecule has 0 aliphatic carbocycles. The van der Waals surface area contributed by atoms with Crippen molar-refractivity contribution in [3.05, 3.63) is 35.3 Å². The van der Waals surface area contributed by atoms with Crippen LogP contribution in [0, 0.1) is 0 Å². The highest BCUT2D eigenvalue weighted by atomic mass is 32.1. The first-order chi connectivity index (χ1) is 8.16. The van der Waals surface area contributed by atoms with Crippen LogP contribution in [-0.2, 0) is 6.54 Å². The second kappa shape index (κ2) is 5.14. The molecule has 17 heavy (non-hydrogen) atoms. The molecule has 2 rings (SSSR count). The molecule has 0 saturated heterocycles. The maximum Gasteiger partial charge on any atom is 0.208 e. The van der Waals surface area contributed by atoms with E-state index >= 15 is 0 Å². The Bertz CT molecular complexity index is 467. The first-order valence-corrected chi connectivity index (χ1v) is 6.42. The lowest BCUT2D eigenvalue weighted by Crippen LogP contribution is -2.30. The summed E-state index contributed by atoms with van der Waals surface area (Å²) in [4.78, 5) is 2.21. The van der Waals surface area contributed by atoms with Crippen LogP contribution < -0.4 is 10.6 Å². The van der Waals surface area contributed by atoms with E-state index < -0.39 is 0 Å². The van der Waals surface area contributed by atoms with Gasteiger partial charge in [-0.05, 0) is 31.5 Å². The number of nitrogen functional groups attached to an aromatic ring is 1. The van der Waals surface area contributed by atoms with Crippen LogP contribution in [0.5, 0.6) is 0 Å². The molecule has 0 bridgehead atoms. The van der Waals surface area contributed by atoms with Crippen molar-refractivity contribution in [2.45, 2.75) is 26.4 Å². The van der Waals surface area contributed by atoms with E-state index in [0.29, 0.717) is 6.04 Å². The summed E-state index contributed by atoms with van der Waals surface area (Å²) in [5.74, 6) is 0. The van der Waals surface area contributed by atoms with E-state index in [1.54, 1.807) is 16.8 Å². The molecule has 0 fully saturated rings. The SMILES string of the molecule is CC(C)N(Cc1cccc(N)c1)c1nncs1. The minimum absolute atomic E-state index is 0.379. The van der Waals surface area contributed by atoms with Crippen LogP contribution in [0.15, 0.2) is 29.8 Å². The summed E-state index contributed by atoms with van der Waals surface area (Å²) in [5, 5.41) is 8.95. The first-order valence-electron chi connectivity index (χ1n) is 5.54. The van der Waals surface area contributed by atoms with Gasteiger partial charge in [-0.1, -0.05) is 23.5 Å². The van der Waals surface area contributed by atoms with E-state index in [2.05, 4.69) is 35.0 Å². The Hall–Kier alpha value is -1.62. The average Bonchev–Trinajstić information content (AvgIpc) is 2.78. The molecule has 0 radical (unpaired) electrons. The van der Waals surface area contributed by atoms with E-state index in [0.717, 1.165) is 17.4 Å². The van der Waals surface area contributed by atoms with E-state index in [1.807, 2.05) is 18.2 Å². The van der Waals surface area contributed by atoms with Crippen LogP contribution in [0.25, 0.3) is 0 Å². The zero-order valence-corrected chi connectivity index (χ0v) is 10.8. The fourth-order valence-electron chi connectivity index (χ4n) is 1.65. The standard InChI is InChI=1S/C12H16N4S/c1-9(2)16(12-15-14-8-17-12)7-10-4-3-5-11(13)6-10/h3-6,8-9H,7,13H2,1-2H3. The first kappa shape index (κ1) is 11.9. The maximum atomic E-state index is 5.79. The fraction of sp³-hybridized carbons (Fsp3) is 0.333. The zero-order chi connectivity index (χ0) is 12.3. The molecule has 4 nitrogen and oxygen atoms in total. The third kappa shape index (κ3) is 2.94. The van der Waals surface area contributed by atoms with Crippen LogP contribution in [0.1, 0.15) is 19.4 Å². The van der Waals surface area contributed by atoms with Crippen LogP contribution in [0.4, 0.5) is 10.8 Å². The van der Waals surface area contributed by atoms with Crippen LogP contribution in [0.3, 0.4) is 0 Å². The maximum absolute atomic E-state index is 5.79. The predicted molar refractivity (Wildman–Crippen MR) is 72.1 cm³/mol. The third-order valence-corrected chi connectivity index (χ3v) is 3.25. The quantitative estimate of drug-likeness (QED) is 0.845. The molecule has 0 aliphatic heterocycles. The van der Waals surface area contributed by atoms with Gasteiger partial charge in [-0.15, -0.1) is 10.2 Å². The van der Waals surface area contributed by atoms with Gasteiger partial charge in [0, 0.05) is 18.3 Å². The molecule has 0 unspecified atom stereocenters. The van der Waals surface area contributed by atoms with E-state index in [4.69, 9.17) is 5.73 Å². The summed E-state index contributed by atoms with van der Waals surface area (Å²) in [7, 11) is 0. The molecule has 1 aromatic carbocycles. The lowest BCUT2D eigenvalue weighted by atomic mass is 10.2. The summed E-state index contributed by atoms with van der Waals surface area (Å²) < 4.78 is 0. The topological polar surface area (TPSA) is 55.0 Å². The second-order valence-electron chi connectivity index (χ2n) is 4.19. The molecule has 1 heterocycles. The van der Waals surface area contributed by atoms with Gasteiger partial charge in [-0.3, -0.25) is 0 Å². The summed E-state index contributed by atoms with van der Waals surface area (Å²) >= 11 is 1.56. The number of hydrogen-bond acceptors (Lipinski definition) is 5. The Labute approximate surface area is 105 Å². The van der Waals surface area contributed by atoms with Crippen LogP contribution in [-0.4, -0.2) is 16.2 Å². The second-order valence-corrected chi connectivity index (χ2v) is 5.00. The monoisotopic (exact) mass is 248 g/mol. The molecule has 1 aromatic heterocycles. The van der Waals surface area contributed by atoms with Gasteiger partial charge < -0.3 is 10.6 Å². The van der Waals surface area contributed by atoms with Gasteiger partial charge in [0.05, 0.1) is 0 Å². The molecule has 0 saturated carbocycles. The smallest absolute Gasteiger partial charge is 0.208 e. The van der Waals surface area contributed by atoms with Crippen molar-refractivity contribution in [1.29, 1.82) is 0 Å². The fourth-order valence-corrected chi connectivity index (χ4v) is 2.35. The molecule has 90 valence electrons. The number of hydrogen-bond donors (Lipinski definition) is 1. The van der Waals surface area contributed by atoms with Gasteiger partial charge in [0.2, 0.25) is 5.13 Å². The summed E-state index contributed by atoms with van der Waals surface area (Å²) in [6, 6.07) is 8.32. The van der Waals surface area contributed by atoms with Gasteiger partial charge in [0.15, 0.2) is 0 Å². The van der Waals surface area contributed by atoms with E-state index in [1.165, 1.54) is 5.56 Å². The Morgan fingerprint density at radius 1 is 1.41 bits per heavy atom. The Morgan fingerprint density at radius 2 is 2.24 bits per heavy atom. The summed E-state index contributed by atoms with van der Waals surface area (Å²) in [5.41, 5.74) is 9.52. The van der Waals surface area contributed by atoms with Crippen molar-refractivity contribution in [2.24, 2.45) is 0 Å². The van der Waals surface area contributed by atoms with Gasteiger partial charge >= 0.3 is 0 Å². The van der Waals surface area contributed by atoms with Crippen molar-refractivity contribution >= 4 is 22.2 Å². The number of anilines is 2. The van der Waals surface area contributed by atoms with Crippen LogP contribution >= 0.6 is 11.3 Å². The number of rotatable bonds is 4. The normalized spacial score (nSPS) is 10.8. The van der Waals surface area contributed by atoms with Crippen molar-refractivity contribution < 1.29 is 0 Å². The molecular weight excluding hydrogens is 232 g/mol. The van der Waals surface area contributed by atoms with Crippen molar-refractivity contribution in [3.8, 4) is 0 Å². The minimum Gasteiger partial charge on any atom is -0.399 e. The highest BCUT2D eigenvalue weighted by Crippen LogP contribution is 2.21. The zero-order valence-electron chi connectivity index (χ0n) is 10.00. The molecule has 2 aromatic rings. The summed E-state index contributed by atoms with van der Waals surface area (Å²) in [6.07, 6.45) is 0. The Balaban J connectivity index is 2.19. The van der Waals surface area contributed by atoms with Crippen molar-refractivity contribution in [1.82, 2.24) is 10.2 Å². The van der Waals surface area contributed by atoms with Gasteiger partial charge in [-0.25, -0.2) is 0 Å².